The third-order valence-electron chi connectivity index (χ3n) is 4.60. The zero-order valence-corrected chi connectivity index (χ0v) is 16.9. The van der Waals surface area contributed by atoms with E-state index >= 15 is 0 Å². The van der Waals surface area contributed by atoms with Gasteiger partial charge in [0.2, 0.25) is 0 Å². The molecule has 4 aromatic rings. The SMILES string of the molecule is COc1ccc(C=Nc2cc(-c3ccccc3)c3cc(Cl)ccc3n2)cc1OC. The maximum Gasteiger partial charge on any atom is 0.161 e. The average molecular weight is 403 g/mol. The Hall–Kier alpha value is -3.37. The second-order valence-corrected chi connectivity index (χ2v) is 6.86. The van der Waals surface area contributed by atoms with Crippen LogP contribution in [0.25, 0.3) is 22.0 Å². The molecule has 1 heterocycles. The van der Waals surface area contributed by atoms with Crippen LogP contribution >= 0.6 is 11.6 Å². The summed E-state index contributed by atoms with van der Waals surface area (Å²) in [6.07, 6.45) is 1.76. The Kier molecular flexibility index (Phi) is 5.45. The largest absolute Gasteiger partial charge is 0.493 e. The Labute approximate surface area is 174 Å². The van der Waals surface area contributed by atoms with E-state index in [4.69, 9.17) is 21.1 Å². The topological polar surface area (TPSA) is 43.7 Å². The molecule has 0 aliphatic heterocycles. The maximum atomic E-state index is 6.23. The fourth-order valence-corrected chi connectivity index (χ4v) is 3.35. The van der Waals surface area contributed by atoms with E-state index in [0.29, 0.717) is 22.3 Å². The smallest absolute Gasteiger partial charge is 0.161 e. The van der Waals surface area contributed by atoms with Crippen molar-refractivity contribution in [2.75, 3.05) is 14.2 Å². The number of ether oxygens (including phenoxy) is 2. The first-order valence-corrected chi connectivity index (χ1v) is 9.47. The molecule has 0 amide bonds. The van der Waals surface area contributed by atoms with Crippen LogP contribution in [0.2, 0.25) is 5.02 Å². The van der Waals surface area contributed by atoms with Crippen molar-refractivity contribution < 1.29 is 9.47 Å². The molecule has 0 atom stereocenters. The minimum absolute atomic E-state index is 0.619. The molecule has 3 aromatic carbocycles. The molecule has 144 valence electrons. The van der Waals surface area contributed by atoms with E-state index in [2.05, 4.69) is 22.1 Å². The van der Waals surface area contributed by atoms with Crippen LogP contribution in [0.1, 0.15) is 5.56 Å². The van der Waals surface area contributed by atoms with Gasteiger partial charge in [-0.2, -0.15) is 0 Å². The van der Waals surface area contributed by atoms with Crippen LogP contribution in [0.4, 0.5) is 5.82 Å². The van der Waals surface area contributed by atoms with Gasteiger partial charge in [-0.05, 0) is 59.2 Å². The minimum atomic E-state index is 0.619. The summed E-state index contributed by atoms with van der Waals surface area (Å²) >= 11 is 6.23. The summed E-state index contributed by atoms with van der Waals surface area (Å²) in [5.41, 5.74) is 3.86. The summed E-state index contributed by atoms with van der Waals surface area (Å²) in [7, 11) is 3.23. The number of aliphatic imine (C=N–C) groups is 1. The summed E-state index contributed by atoms with van der Waals surface area (Å²) in [5.74, 6) is 1.95. The molecular formula is C24H19ClN2O2. The van der Waals surface area contributed by atoms with Gasteiger partial charge in [-0.15, -0.1) is 0 Å². The molecule has 1 aromatic heterocycles. The standard InChI is InChI=1S/C24H19ClN2O2/c1-28-22-11-8-16(12-23(22)29-2)15-26-24-14-19(17-6-4-3-5-7-17)20-13-18(25)9-10-21(20)27-24/h3-15H,1-2H3. The lowest BCUT2D eigenvalue weighted by Crippen LogP contribution is -1.92. The van der Waals surface area contributed by atoms with Crippen LogP contribution in [0, 0.1) is 0 Å². The van der Waals surface area contributed by atoms with E-state index in [1.165, 1.54) is 0 Å². The van der Waals surface area contributed by atoms with Gasteiger partial charge in [0.15, 0.2) is 17.3 Å². The van der Waals surface area contributed by atoms with Crippen LogP contribution in [0.3, 0.4) is 0 Å². The molecule has 0 fully saturated rings. The van der Waals surface area contributed by atoms with E-state index in [1.807, 2.05) is 60.7 Å². The van der Waals surface area contributed by atoms with Gasteiger partial charge in [0.25, 0.3) is 0 Å². The van der Waals surface area contributed by atoms with Crippen molar-refractivity contribution in [3.63, 3.8) is 0 Å². The highest BCUT2D eigenvalue weighted by Gasteiger charge is 2.09. The second-order valence-electron chi connectivity index (χ2n) is 6.43. The summed E-state index contributed by atoms with van der Waals surface area (Å²) in [6, 6.07) is 23.5. The number of aromatic nitrogens is 1. The van der Waals surface area contributed by atoms with E-state index in [-0.39, 0.29) is 0 Å². The van der Waals surface area contributed by atoms with Gasteiger partial charge in [-0.3, -0.25) is 0 Å². The van der Waals surface area contributed by atoms with Gasteiger partial charge in [-0.1, -0.05) is 41.9 Å². The van der Waals surface area contributed by atoms with Crippen molar-refractivity contribution in [1.29, 1.82) is 0 Å². The average Bonchev–Trinajstić information content (AvgIpc) is 2.77. The molecule has 0 aliphatic carbocycles. The lowest BCUT2D eigenvalue weighted by molar-refractivity contribution is 0.355. The first-order chi connectivity index (χ1) is 14.2. The first kappa shape index (κ1) is 19.0. The maximum absolute atomic E-state index is 6.23. The summed E-state index contributed by atoms with van der Waals surface area (Å²) < 4.78 is 10.6. The van der Waals surface area contributed by atoms with Crippen LogP contribution in [0.5, 0.6) is 11.5 Å². The van der Waals surface area contributed by atoms with E-state index in [9.17, 15) is 0 Å². The van der Waals surface area contributed by atoms with Crippen molar-refractivity contribution in [3.05, 3.63) is 83.4 Å². The zero-order valence-electron chi connectivity index (χ0n) is 16.1. The predicted molar refractivity (Wildman–Crippen MR) is 119 cm³/mol. The fourth-order valence-electron chi connectivity index (χ4n) is 3.18. The predicted octanol–water partition coefficient (Wildman–Crippen LogP) is 6.32. The Morgan fingerprint density at radius 1 is 0.862 bits per heavy atom. The molecule has 0 spiro atoms. The summed E-state index contributed by atoms with van der Waals surface area (Å²) in [6.45, 7) is 0. The van der Waals surface area contributed by atoms with Gasteiger partial charge in [0.05, 0.1) is 19.7 Å². The van der Waals surface area contributed by atoms with Crippen molar-refractivity contribution in [2.24, 2.45) is 4.99 Å². The molecule has 4 nitrogen and oxygen atoms in total. The molecule has 0 N–H and O–H groups in total. The highest BCUT2D eigenvalue weighted by molar-refractivity contribution is 6.31. The Morgan fingerprint density at radius 3 is 2.41 bits per heavy atom. The lowest BCUT2D eigenvalue weighted by atomic mass is 10.0. The van der Waals surface area contributed by atoms with Crippen LogP contribution in [-0.2, 0) is 0 Å². The molecule has 0 radical (unpaired) electrons. The number of fused-ring (bicyclic) bond motifs is 1. The Balaban J connectivity index is 1.79. The summed E-state index contributed by atoms with van der Waals surface area (Å²) in [5, 5.41) is 1.67. The number of pyridine rings is 1. The molecule has 0 saturated heterocycles. The van der Waals surface area contributed by atoms with Crippen LogP contribution < -0.4 is 9.47 Å². The molecule has 29 heavy (non-hydrogen) atoms. The fraction of sp³-hybridized carbons (Fsp3) is 0.0833. The number of hydrogen-bond donors (Lipinski definition) is 0. The third-order valence-corrected chi connectivity index (χ3v) is 4.83. The number of hydrogen-bond acceptors (Lipinski definition) is 4. The van der Waals surface area contributed by atoms with Crippen molar-refractivity contribution >= 4 is 34.5 Å². The van der Waals surface area contributed by atoms with Gasteiger partial charge < -0.3 is 9.47 Å². The quantitative estimate of drug-likeness (QED) is 0.367. The van der Waals surface area contributed by atoms with Gasteiger partial charge in [-0.25, -0.2) is 9.98 Å². The number of benzene rings is 3. The number of nitrogens with zero attached hydrogens (tertiary/aromatic N) is 2. The number of methoxy groups -OCH3 is 2. The molecule has 4 rings (SSSR count). The number of halogens is 1. The van der Waals surface area contributed by atoms with E-state index in [0.717, 1.165) is 27.6 Å². The van der Waals surface area contributed by atoms with Gasteiger partial charge in [0, 0.05) is 16.6 Å². The molecule has 5 heteroatoms. The van der Waals surface area contributed by atoms with Crippen molar-refractivity contribution in [1.82, 2.24) is 4.98 Å². The van der Waals surface area contributed by atoms with Gasteiger partial charge >= 0.3 is 0 Å². The molecule has 0 unspecified atom stereocenters. The molecule has 0 bridgehead atoms. The zero-order chi connectivity index (χ0) is 20.2. The van der Waals surface area contributed by atoms with Crippen LogP contribution in [-0.4, -0.2) is 25.4 Å². The first-order valence-electron chi connectivity index (χ1n) is 9.10. The highest BCUT2D eigenvalue weighted by atomic mass is 35.5. The van der Waals surface area contributed by atoms with Crippen LogP contribution in [0.15, 0.2) is 77.8 Å². The Morgan fingerprint density at radius 2 is 1.66 bits per heavy atom. The molecule has 0 aliphatic rings. The van der Waals surface area contributed by atoms with E-state index in [1.54, 1.807) is 20.4 Å². The van der Waals surface area contributed by atoms with Crippen molar-refractivity contribution in [2.45, 2.75) is 0 Å². The molecule has 0 saturated carbocycles. The second kappa shape index (κ2) is 8.33. The number of rotatable bonds is 5. The molecular weight excluding hydrogens is 384 g/mol. The van der Waals surface area contributed by atoms with E-state index < -0.39 is 0 Å². The Bertz CT molecular complexity index is 1190. The highest BCUT2D eigenvalue weighted by Crippen LogP contribution is 2.33. The van der Waals surface area contributed by atoms with Gasteiger partial charge in [0.1, 0.15) is 0 Å². The minimum Gasteiger partial charge on any atom is -0.493 e. The van der Waals surface area contributed by atoms with Crippen molar-refractivity contribution in [3.8, 4) is 22.6 Å². The normalized spacial score (nSPS) is 11.1. The monoisotopic (exact) mass is 402 g/mol. The third kappa shape index (κ3) is 4.08. The summed E-state index contributed by atoms with van der Waals surface area (Å²) in [4.78, 5) is 9.28. The lowest BCUT2D eigenvalue weighted by Gasteiger charge is -2.09.